The van der Waals surface area contributed by atoms with Crippen molar-refractivity contribution >= 4 is 0 Å². The van der Waals surface area contributed by atoms with Crippen molar-refractivity contribution in [2.45, 2.75) is 39.2 Å². The smallest absolute Gasteiger partial charge is 0.223 e. The number of hydrogen-bond acceptors (Lipinski definition) is 4. The first-order valence-corrected chi connectivity index (χ1v) is 6.98. The van der Waals surface area contributed by atoms with Gasteiger partial charge in [0.25, 0.3) is 0 Å². The van der Waals surface area contributed by atoms with Gasteiger partial charge >= 0.3 is 0 Å². The summed E-state index contributed by atoms with van der Waals surface area (Å²) in [5.74, 6) is 3.88. The summed E-state index contributed by atoms with van der Waals surface area (Å²) in [6.07, 6.45) is 8.50. The van der Waals surface area contributed by atoms with Crippen molar-refractivity contribution in [1.29, 1.82) is 0 Å². The van der Waals surface area contributed by atoms with Crippen molar-refractivity contribution in [2.75, 3.05) is 6.54 Å². The third kappa shape index (κ3) is 2.21. The van der Waals surface area contributed by atoms with Crippen LogP contribution in [0.5, 0.6) is 0 Å². The maximum absolute atomic E-state index is 5.06. The van der Waals surface area contributed by atoms with Crippen molar-refractivity contribution in [3.05, 3.63) is 23.9 Å². The Balaban J connectivity index is 1.56. The number of nitrogens with zero attached hydrogens (tertiary/aromatic N) is 2. The number of nitrogens with one attached hydrogen (secondary N) is 1. The van der Waals surface area contributed by atoms with Crippen LogP contribution >= 0.6 is 0 Å². The maximum Gasteiger partial charge on any atom is 0.223 e. The van der Waals surface area contributed by atoms with Crippen LogP contribution < -0.4 is 5.32 Å². The lowest BCUT2D eigenvalue weighted by atomic mass is 9.93. The highest BCUT2D eigenvalue weighted by Gasteiger charge is 2.35. The second kappa shape index (κ2) is 4.84. The predicted molar refractivity (Wildman–Crippen MR) is 68.9 cm³/mol. The van der Waals surface area contributed by atoms with Gasteiger partial charge in [0.05, 0.1) is 6.04 Å². The monoisotopic (exact) mass is 247 g/mol. The zero-order chi connectivity index (χ0) is 12.5. The molecule has 1 aromatic rings. The Morgan fingerprint density at radius 2 is 2.33 bits per heavy atom. The fraction of sp³-hybridized carbons (Fsp3) is 0.714. The van der Waals surface area contributed by atoms with Gasteiger partial charge in [-0.05, 0) is 43.6 Å². The molecule has 0 spiro atoms. The van der Waals surface area contributed by atoms with Crippen molar-refractivity contribution in [1.82, 2.24) is 15.5 Å². The molecule has 98 valence electrons. The minimum atomic E-state index is 0.227. The normalized spacial score (nSPS) is 31.1. The Bertz CT molecular complexity index is 440. The molecule has 4 nitrogen and oxygen atoms in total. The molecule has 0 aromatic carbocycles. The summed E-state index contributed by atoms with van der Waals surface area (Å²) < 4.78 is 5.06. The van der Waals surface area contributed by atoms with Gasteiger partial charge in [-0.2, -0.15) is 4.98 Å². The van der Waals surface area contributed by atoms with E-state index in [9.17, 15) is 0 Å². The van der Waals surface area contributed by atoms with Crippen molar-refractivity contribution in [3.8, 4) is 0 Å². The molecule has 0 amide bonds. The number of fused-ring (bicyclic) bond motifs is 2. The van der Waals surface area contributed by atoms with Gasteiger partial charge in [-0.1, -0.05) is 24.2 Å². The van der Waals surface area contributed by atoms with E-state index in [-0.39, 0.29) is 6.04 Å². The third-order valence-corrected chi connectivity index (χ3v) is 4.31. The molecule has 1 saturated carbocycles. The molecule has 3 rings (SSSR count). The highest BCUT2D eigenvalue weighted by molar-refractivity contribution is 5.10. The summed E-state index contributed by atoms with van der Waals surface area (Å²) in [6, 6.07) is 0.227. The van der Waals surface area contributed by atoms with Gasteiger partial charge in [-0.15, -0.1) is 0 Å². The summed E-state index contributed by atoms with van der Waals surface area (Å²) >= 11 is 0. The van der Waals surface area contributed by atoms with Crippen molar-refractivity contribution < 1.29 is 4.52 Å². The summed E-state index contributed by atoms with van der Waals surface area (Å²) in [5.41, 5.74) is 0. The van der Waals surface area contributed by atoms with Crippen molar-refractivity contribution in [2.24, 2.45) is 17.8 Å². The second-order valence-electron chi connectivity index (χ2n) is 5.58. The summed E-state index contributed by atoms with van der Waals surface area (Å²) in [4.78, 5) is 4.32. The minimum Gasteiger partial charge on any atom is -0.340 e. The molecule has 0 saturated heterocycles. The topological polar surface area (TPSA) is 51.0 Å². The summed E-state index contributed by atoms with van der Waals surface area (Å²) in [5, 5.41) is 7.62. The molecule has 0 unspecified atom stereocenters. The highest BCUT2D eigenvalue weighted by atomic mass is 16.5. The number of aryl methyl sites for hydroxylation is 1. The van der Waals surface area contributed by atoms with Crippen LogP contribution in [0.15, 0.2) is 16.7 Å². The fourth-order valence-electron chi connectivity index (χ4n) is 3.30. The van der Waals surface area contributed by atoms with Gasteiger partial charge in [0, 0.05) is 6.92 Å². The zero-order valence-electron chi connectivity index (χ0n) is 11.1. The molecular weight excluding hydrogens is 226 g/mol. The van der Waals surface area contributed by atoms with Gasteiger partial charge in [0.1, 0.15) is 0 Å². The Morgan fingerprint density at radius 3 is 2.89 bits per heavy atom. The third-order valence-electron chi connectivity index (χ3n) is 4.31. The maximum atomic E-state index is 5.06. The van der Waals surface area contributed by atoms with Crippen LogP contribution in [0, 0.1) is 24.7 Å². The molecule has 18 heavy (non-hydrogen) atoms. The number of hydrogen-bond donors (Lipinski definition) is 1. The zero-order valence-corrected chi connectivity index (χ0v) is 11.1. The van der Waals surface area contributed by atoms with Crippen LogP contribution in [-0.2, 0) is 0 Å². The highest BCUT2D eigenvalue weighted by Crippen LogP contribution is 2.43. The molecule has 2 aliphatic carbocycles. The molecule has 0 radical (unpaired) electrons. The molecule has 1 fully saturated rings. The lowest BCUT2D eigenvalue weighted by molar-refractivity contribution is 0.353. The Labute approximate surface area is 108 Å². The second-order valence-corrected chi connectivity index (χ2v) is 5.58. The van der Waals surface area contributed by atoms with E-state index in [2.05, 4.69) is 34.5 Å². The van der Waals surface area contributed by atoms with Gasteiger partial charge in [-0.3, -0.25) is 0 Å². The minimum absolute atomic E-state index is 0.227. The van der Waals surface area contributed by atoms with Crippen LogP contribution in [0.4, 0.5) is 0 Å². The Kier molecular flexibility index (Phi) is 3.20. The SMILES string of the molecule is CC[C@H](NC[C@@H]1C[C@H]2C=C[C@H]1C2)c1noc(C)n1. The van der Waals surface area contributed by atoms with E-state index >= 15 is 0 Å². The van der Waals surface area contributed by atoms with Crippen LogP contribution in [0.3, 0.4) is 0 Å². The molecule has 2 bridgehead atoms. The standard InChI is InChI=1S/C14H21N3O/c1-3-13(14-16-9(2)18-17-14)15-8-12-7-10-4-5-11(12)6-10/h4-5,10-13,15H,3,6-8H2,1-2H3/t10-,11-,12-,13-/m0/s1. The average molecular weight is 247 g/mol. The molecule has 0 aliphatic heterocycles. The van der Waals surface area contributed by atoms with Gasteiger partial charge in [-0.25, -0.2) is 0 Å². The van der Waals surface area contributed by atoms with Crippen LogP contribution in [-0.4, -0.2) is 16.7 Å². The molecule has 1 heterocycles. The molecule has 4 heteroatoms. The lowest BCUT2D eigenvalue weighted by Crippen LogP contribution is -2.29. The molecule has 4 atom stereocenters. The van der Waals surface area contributed by atoms with E-state index in [1.54, 1.807) is 0 Å². The predicted octanol–water partition coefficient (Wildman–Crippen LogP) is 2.63. The average Bonchev–Trinajstić information content (AvgIpc) is 3.06. The van der Waals surface area contributed by atoms with Crippen molar-refractivity contribution in [3.63, 3.8) is 0 Å². The van der Waals surface area contributed by atoms with Crippen LogP contribution in [0.25, 0.3) is 0 Å². The summed E-state index contributed by atoms with van der Waals surface area (Å²) in [6.45, 7) is 5.06. The van der Waals surface area contributed by atoms with E-state index in [1.807, 2.05) is 6.92 Å². The van der Waals surface area contributed by atoms with Gasteiger partial charge < -0.3 is 9.84 Å². The van der Waals surface area contributed by atoms with Gasteiger partial charge in [0.15, 0.2) is 5.82 Å². The number of rotatable bonds is 5. The van der Waals surface area contributed by atoms with E-state index < -0.39 is 0 Å². The van der Waals surface area contributed by atoms with Crippen LogP contribution in [0.2, 0.25) is 0 Å². The molecule has 2 aliphatic rings. The number of aromatic nitrogens is 2. The molecule has 1 aromatic heterocycles. The number of allylic oxidation sites excluding steroid dienone is 2. The van der Waals surface area contributed by atoms with E-state index in [1.165, 1.54) is 12.8 Å². The summed E-state index contributed by atoms with van der Waals surface area (Å²) in [7, 11) is 0. The first-order valence-electron chi connectivity index (χ1n) is 6.98. The largest absolute Gasteiger partial charge is 0.340 e. The Morgan fingerprint density at radius 1 is 1.44 bits per heavy atom. The van der Waals surface area contributed by atoms with E-state index in [4.69, 9.17) is 4.52 Å². The quantitative estimate of drug-likeness (QED) is 0.813. The molecule has 1 N–H and O–H groups in total. The van der Waals surface area contributed by atoms with Crippen LogP contribution in [0.1, 0.15) is 43.9 Å². The van der Waals surface area contributed by atoms with E-state index in [0.29, 0.717) is 5.89 Å². The lowest BCUT2D eigenvalue weighted by Gasteiger charge is -2.21. The first-order chi connectivity index (χ1) is 8.76. The fourth-order valence-corrected chi connectivity index (χ4v) is 3.30. The van der Waals surface area contributed by atoms with Gasteiger partial charge in [0.2, 0.25) is 5.89 Å². The Hall–Kier alpha value is -1.16. The molecular formula is C14H21N3O. The first kappa shape index (κ1) is 11.9. The van der Waals surface area contributed by atoms with E-state index in [0.717, 1.165) is 36.5 Å².